The Morgan fingerprint density at radius 2 is 2.21 bits per heavy atom. The van der Waals surface area contributed by atoms with E-state index in [9.17, 15) is 8.42 Å². The molecule has 0 saturated carbocycles. The average molecular weight is 320 g/mol. The Hall–Kier alpha value is -0.890. The van der Waals surface area contributed by atoms with E-state index in [0.29, 0.717) is 23.1 Å². The minimum absolute atomic E-state index is 0.120. The number of aromatic nitrogens is 2. The van der Waals surface area contributed by atoms with Crippen molar-refractivity contribution in [3.05, 3.63) is 33.4 Å². The molecular formula is C11H14ClN3O2S2. The normalized spacial score (nSPS) is 12.2. The van der Waals surface area contributed by atoms with Crippen molar-refractivity contribution in [3.63, 3.8) is 0 Å². The molecule has 0 atom stereocenters. The van der Waals surface area contributed by atoms with Crippen molar-refractivity contribution in [3.8, 4) is 0 Å². The van der Waals surface area contributed by atoms with Crippen molar-refractivity contribution < 1.29 is 8.42 Å². The minimum Gasteiger partial charge on any atom is -0.332 e. The van der Waals surface area contributed by atoms with Gasteiger partial charge in [0.2, 0.25) is 0 Å². The monoisotopic (exact) mass is 319 g/mol. The number of hydrogen-bond acceptors (Lipinski definition) is 4. The van der Waals surface area contributed by atoms with Gasteiger partial charge in [-0.1, -0.05) is 18.5 Å². The van der Waals surface area contributed by atoms with E-state index in [4.69, 9.17) is 11.6 Å². The van der Waals surface area contributed by atoms with Crippen molar-refractivity contribution in [1.29, 1.82) is 0 Å². The first-order chi connectivity index (χ1) is 8.93. The van der Waals surface area contributed by atoms with Crippen LogP contribution in [-0.2, 0) is 23.0 Å². The van der Waals surface area contributed by atoms with E-state index >= 15 is 0 Å². The van der Waals surface area contributed by atoms with Gasteiger partial charge in [-0.3, -0.25) is 0 Å². The lowest BCUT2D eigenvalue weighted by Gasteiger charge is -2.14. The first kappa shape index (κ1) is 14.5. The molecule has 2 aromatic heterocycles. The van der Waals surface area contributed by atoms with Crippen LogP contribution < -0.4 is 0 Å². The van der Waals surface area contributed by atoms with E-state index < -0.39 is 10.0 Å². The van der Waals surface area contributed by atoms with Gasteiger partial charge >= 0.3 is 0 Å². The van der Waals surface area contributed by atoms with E-state index in [1.807, 2.05) is 13.0 Å². The van der Waals surface area contributed by atoms with E-state index in [1.165, 1.54) is 28.9 Å². The Morgan fingerprint density at radius 3 is 2.74 bits per heavy atom. The highest BCUT2D eigenvalue weighted by molar-refractivity contribution is 7.89. The molecule has 2 rings (SSSR count). The molecule has 0 saturated heterocycles. The maximum Gasteiger partial charge on any atom is 0.260 e. The molecule has 2 aromatic rings. The number of nitrogens with zero attached hydrogens (tertiary/aromatic N) is 2. The zero-order chi connectivity index (χ0) is 14.0. The van der Waals surface area contributed by atoms with Crippen molar-refractivity contribution in [2.75, 3.05) is 7.05 Å². The summed E-state index contributed by atoms with van der Waals surface area (Å²) < 4.78 is 26.5. The molecule has 0 unspecified atom stereocenters. The first-order valence-corrected chi connectivity index (χ1v) is 8.31. The number of rotatable bonds is 5. The fraction of sp³-hybridized carbons (Fsp3) is 0.364. The number of nitrogens with one attached hydrogen (secondary N) is 1. The highest BCUT2D eigenvalue weighted by atomic mass is 35.5. The van der Waals surface area contributed by atoms with Crippen LogP contribution in [0, 0.1) is 0 Å². The third kappa shape index (κ3) is 3.17. The maximum absolute atomic E-state index is 12.3. The number of imidazole rings is 1. The second-order valence-corrected chi connectivity index (χ2v) is 7.83. The Bertz CT molecular complexity index is 663. The lowest BCUT2D eigenvalue weighted by Crippen LogP contribution is -2.26. The zero-order valence-electron chi connectivity index (χ0n) is 10.6. The topological polar surface area (TPSA) is 66.1 Å². The van der Waals surface area contributed by atoms with E-state index in [2.05, 4.69) is 9.97 Å². The minimum atomic E-state index is -3.54. The van der Waals surface area contributed by atoms with Gasteiger partial charge in [-0.15, -0.1) is 11.3 Å². The zero-order valence-corrected chi connectivity index (χ0v) is 12.9. The summed E-state index contributed by atoms with van der Waals surface area (Å²) >= 11 is 7.20. The van der Waals surface area contributed by atoms with Gasteiger partial charge in [-0.2, -0.15) is 4.31 Å². The highest BCUT2D eigenvalue weighted by Gasteiger charge is 2.23. The van der Waals surface area contributed by atoms with Crippen molar-refractivity contribution in [2.45, 2.75) is 24.9 Å². The summed E-state index contributed by atoms with van der Waals surface area (Å²) in [4.78, 5) is 7.72. The lowest BCUT2D eigenvalue weighted by molar-refractivity contribution is 0.467. The smallest absolute Gasteiger partial charge is 0.260 e. The van der Waals surface area contributed by atoms with Crippen molar-refractivity contribution >= 4 is 33.0 Å². The molecule has 0 aliphatic heterocycles. The molecule has 0 aliphatic rings. The van der Waals surface area contributed by atoms with E-state index in [0.717, 1.165) is 4.88 Å². The third-order valence-electron chi connectivity index (χ3n) is 2.64. The van der Waals surface area contributed by atoms with Gasteiger partial charge in [0.15, 0.2) is 5.03 Å². The number of hydrogen-bond donors (Lipinski definition) is 1. The summed E-state index contributed by atoms with van der Waals surface area (Å²) in [6.07, 6.45) is 2.02. The molecule has 0 amide bonds. The molecule has 0 radical (unpaired) electrons. The average Bonchev–Trinajstić information content (AvgIpc) is 2.98. The van der Waals surface area contributed by atoms with Crippen LogP contribution in [0.25, 0.3) is 0 Å². The Balaban J connectivity index is 2.19. The molecule has 0 aliphatic carbocycles. The van der Waals surface area contributed by atoms with Crippen LogP contribution in [0.4, 0.5) is 0 Å². The lowest BCUT2D eigenvalue weighted by atomic mass is 10.5. The molecular weight excluding hydrogens is 306 g/mol. The van der Waals surface area contributed by atoms with Crippen molar-refractivity contribution in [1.82, 2.24) is 14.3 Å². The second-order valence-electron chi connectivity index (χ2n) is 4.01. The number of thiophene rings is 1. The number of halogens is 1. The summed E-state index contributed by atoms with van der Waals surface area (Å²) in [6, 6.07) is 3.58. The summed E-state index contributed by atoms with van der Waals surface area (Å²) in [5.74, 6) is 0.658. The standard InChI is InChI=1S/C11H14ClN3O2S2/c1-3-10-13-6-11(14-10)19(16,17)15(2)7-8-4-5-9(12)18-8/h4-6H,3,7H2,1-2H3,(H,13,14). The number of H-pyrrole nitrogens is 1. The fourth-order valence-electron chi connectivity index (χ4n) is 1.56. The summed E-state index contributed by atoms with van der Waals surface area (Å²) in [6.45, 7) is 2.20. The predicted molar refractivity (Wildman–Crippen MR) is 75.9 cm³/mol. The molecule has 0 bridgehead atoms. The molecule has 0 spiro atoms. The van der Waals surface area contributed by atoms with Gasteiger partial charge in [0.05, 0.1) is 10.5 Å². The van der Waals surface area contributed by atoms with E-state index in [1.54, 1.807) is 6.07 Å². The van der Waals surface area contributed by atoms with Gasteiger partial charge in [0.25, 0.3) is 10.0 Å². The Kier molecular flexibility index (Phi) is 4.29. The molecule has 104 valence electrons. The van der Waals surface area contributed by atoms with Crippen LogP contribution in [-0.4, -0.2) is 29.7 Å². The van der Waals surface area contributed by atoms with Gasteiger partial charge in [-0.25, -0.2) is 13.4 Å². The predicted octanol–water partition coefficient (Wildman–Crippen LogP) is 2.51. The molecule has 1 N–H and O–H groups in total. The van der Waals surface area contributed by atoms with Crippen LogP contribution in [0.3, 0.4) is 0 Å². The largest absolute Gasteiger partial charge is 0.332 e. The van der Waals surface area contributed by atoms with Gasteiger partial charge in [-0.05, 0) is 12.1 Å². The quantitative estimate of drug-likeness (QED) is 0.920. The third-order valence-corrected chi connectivity index (χ3v) is 5.56. The number of aromatic amines is 1. The maximum atomic E-state index is 12.3. The van der Waals surface area contributed by atoms with Gasteiger partial charge in [0.1, 0.15) is 5.82 Å². The van der Waals surface area contributed by atoms with Gasteiger partial charge < -0.3 is 4.98 Å². The molecule has 0 aromatic carbocycles. The molecule has 2 heterocycles. The van der Waals surface area contributed by atoms with Gasteiger partial charge in [0, 0.05) is 24.9 Å². The van der Waals surface area contributed by atoms with Crippen molar-refractivity contribution in [2.24, 2.45) is 0 Å². The van der Waals surface area contributed by atoms with E-state index in [-0.39, 0.29) is 5.03 Å². The SMILES string of the molecule is CCc1ncc(S(=O)(=O)N(C)Cc2ccc(Cl)s2)[nH]1. The van der Waals surface area contributed by atoms with Crippen LogP contribution in [0.2, 0.25) is 4.34 Å². The molecule has 5 nitrogen and oxygen atoms in total. The molecule has 0 fully saturated rings. The Labute approximate surface area is 121 Å². The van der Waals surface area contributed by atoms with Crippen LogP contribution in [0.15, 0.2) is 23.4 Å². The molecule has 19 heavy (non-hydrogen) atoms. The Morgan fingerprint density at radius 1 is 1.47 bits per heavy atom. The fourth-order valence-corrected chi connectivity index (χ4v) is 3.86. The summed E-state index contributed by atoms with van der Waals surface area (Å²) in [5.41, 5.74) is 0. The summed E-state index contributed by atoms with van der Waals surface area (Å²) in [7, 11) is -2.00. The second kappa shape index (κ2) is 5.62. The van der Waals surface area contributed by atoms with Crippen LogP contribution in [0.5, 0.6) is 0 Å². The number of sulfonamides is 1. The highest BCUT2D eigenvalue weighted by Crippen LogP contribution is 2.24. The van der Waals surface area contributed by atoms with Crippen LogP contribution in [0.1, 0.15) is 17.6 Å². The molecule has 8 heteroatoms. The summed E-state index contributed by atoms with van der Waals surface area (Å²) in [5, 5.41) is 0.120. The first-order valence-electron chi connectivity index (χ1n) is 5.68. The van der Waals surface area contributed by atoms with Crippen LogP contribution >= 0.6 is 22.9 Å². The number of aryl methyl sites for hydroxylation is 1.